The summed E-state index contributed by atoms with van der Waals surface area (Å²) in [7, 11) is 0. The van der Waals surface area contributed by atoms with Crippen LogP contribution in [0.2, 0.25) is 0 Å². The molecule has 0 rings (SSSR count). The number of carboxylic acid groups (broad SMARTS) is 1. The van der Waals surface area contributed by atoms with Crippen LogP contribution in [-0.2, 0) is 4.79 Å². The van der Waals surface area contributed by atoms with Crippen molar-refractivity contribution < 1.29 is 9.90 Å². The van der Waals surface area contributed by atoms with E-state index in [1.54, 1.807) is 11.8 Å². The monoisotopic (exact) mass is 218 g/mol. The van der Waals surface area contributed by atoms with Gasteiger partial charge in [0.2, 0.25) is 0 Å². The Balaban J connectivity index is 3.79. The van der Waals surface area contributed by atoms with Crippen LogP contribution in [0, 0.1) is 5.92 Å². The lowest BCUT2D eigenvalue weighted by atomic mass is 10.2. The fraction of sp³-hybridized carbons (Fsp3) is 0.909. The molecule has 0 aromatic rings. The van der Waals surface area contributed by atoms with Crippen LogP contribution in [0.4, 0.5) is 0 Å². The van der Waals surface area contributed by atoms with Crippen LogP contribution in [0.3, 0.4) is 0 Å². The third-order valence-corrected chi connectivity index (χ3v) is 3.98. The Labute approximate surface area is 91.5 Å². The number of thioether (sulfide) groups is 1. The lowest BCUT2D eigenvalue weighted by molar-refractivity contribution is -0.136. The lowest BCUT2D eigenvalue weighted by Gasteiger charge is -2.14. The summed E-state index contributed by atoms with van der Waals surface area (Å²) in [6, 6.07) is 0. The van der Waals surface area contributed by atoms with Crippen molar-refractivity contribution in [3.8, 4) is 0 Å². The Bertz CT molecular complexity index is 159. The minimum Gasteiger partial charge on any atom is -0.480 e. The van der Waals surface area contributed by atoms with Gasteiger partial charge in [0.25, 0.3) is 0 Å². The lowest BCUT2D eigenvalue weighted by Crippen LogP contribution is -2.18. The molecule has 0 heterocycles. The zero-order valence-electron chi connectivity index (χ0n) is 9.45. The van der Waals surface area contributed by atoms with Gasteiger partial charge < -0.3 is 5.11 Å². The van der Waals surface area contributed by atoms with Crippen LogP contribution in [0.15, 0.2) is 0 Å². The molecule has 3 heteroatoms. The number of hydrogen-bond acceptors (Lipinski definition) is 2. The van der Waals surface area contributed by atoms with Crippen LogP contribution in [0.5, 0.6) is 0 Å². The molecule has 0 amide bonds. The molecule has 0 aliphatic rings. The topological polar surface area (TPSA) is 37.3 Å². The van der Waals surface area contributed by atoms with Gasteiger partial charge in [0.15, 0.2) is 0 Å². The summed E-state index contributed by atoms with van der Waals surface area (Å²) in [6.45, 7) is 6.41. The molecule has 0 radical (unpaired) electrons. The minimum absolute atomic E-state index is 0.191. The predicted octanol–water partition coefficient (Wildman–Crippen LogP) is 3.41. The third-order valence-electron chi connectivity index (χ3n) is 2.37. The molecule has 0 saturated carbocycles. The molecule has 0 aliphatic carbocycles. The van der Waals surface area contributed by atoms with Crippen molar-refractivity contribution in [2.45, 2.75) is 51.7 Å². The van der Waals surface area contributed by atoms with E-state index < -0.39 is 5.97 Å². The molecule has 84 valence electrons. The van der Waals surface area contributed by atoms with Gasteiger partial charge in [0.05, 0.1) is 0 Å². The summed E-state index contributed by atoms with van der Waals surface area (Å²) in [5.41, 5.74) is 0. The molecule has 2 unspecified atom stereocenters. The molecule has 14 heavy (non-hydrogen) atoms. The highest BCUT2D eigenvalue weighted by molar-refractivity contribution is 8.00. The van der Waals surface area contributed by atoms with Gasteiger partial charge in [-0.15, -0.1) is 11.8 Å². The maximum Gasteiger partial charge on any atom is 0.316 e. The molecule has 0 aromatic carbocycles. The molecule has 0 fully saturated rings. The fourth-order valence-corrected chi connectivity index (χ4v) is 2.34. The van der Waals surface area contributed by atoms with Crippen molar-refractivity contribution >= 4 is 17.7 Å². The SMILES string of the molecule is CCCCC(SCC(C)CC)C(=O)O. The molecule has 0 aliphatic heterocycles. The molecule has 2 nitrogen and oxygen atoms in total. The first kappa shape index (κ1) is 13.8. The molecule has 1 N–H and O–H groups in total. The van der Waals surface area contributed by atoms with Crippen molar-refractivity contribution in [1.82, 2.24) is 0 Å². The zero-order chi connectivity index (χ0) is 11.0. The third kappa shape index (κ3) is 6.30. The van der Waals surface area contributed by atoms with E-state index in [4.69, 9.17) is 5.11 Å². The predicted molar refractivity (Wildman–Crippen MR) is 62.9 cm³/mol. The van der Waals surface area contributed by atoms with Crippen molar-refractivity contribution in [2.75, 3.05) is 5.75 Å². The molecule has 2 atom stereocenters. The first-order valence-electron chi connectivity index (χ1n) is 5.46. The van der Waals surface area contributed by atoms with Gasteiger partial charge in [-0.25, -0.2) is 0 Å². The van der Waals surface area contributed by atoms with Crippen molar-refractivity contribution in [1.29, 1.82) is 0 Å². The number of carboxylic acids is 1. The maximum absolute atomic E-state index is 10.9. The standard InChI is InChI=1S/C11H22O2S/c1-4-6-7-10(11(12)13)14-8-9(3)5-2/h9-10H,4-8H2,1-3H3,(H,12,13). The second-order valence-electron chi connectivity index (χ2n) is 3.82. The first-order valence-corrected chi connectivity index (χ1v) is 6.51. The second kappa shape index (κ2) is 8.16. The van der Waals surface area contributed by atoms with Crippen LogP contribution >= 0.6 is 11.8 Å². The second-order valence-corrected chi connectivity index (χ2v) is 5.05. The molecule has 0 aromatic heterocycles. The molecule has 0 saturated heterocycles. The van der Waals surface area contributed by atoms with E-state index in [0.29, 0.717) is 5.92 Å². The largest absolute Gasteiger partial charge is 0.480 e. The number of rotatable bonds is 8. The number of carbonyl (C=O) groups is 1. The van der Waals surface area contributed by atoms with Gasteiger partial charge in [0, 0.05) is 0 Å². The van der Waals surface area contributed by atoms with Gasteiger partial charge in [-0.3, -0.25) is 4.79 Å². The fourth-order valence-electron chi connectivity index (χ4n) is 1.07. The van der Waals surface area contributed by atoms with Crippen LogP contribution in [0.25, 0.3) is 0 Å². The Morgan fingerprint density at radius 2 is 2.07 bits per heavy atom. The average Bonchev–Trinajstić information content (AvgIpc) is 2.16. The average molecular weight is 218 g/mol. The summed E-state index contributed by atoms with van der Waals surface area (Å²) in [4.78, 5) is 10.9. The molecule has 0 bridgehead atoms. The summed E-state index contributed by atoms with van der Waals surface area (Å²) < 4.78 is 0. The van der Waals surface area contributed by atoms with E-state index in [1.807, 2.05) is 0 Å². The number of aliphatic carboxylic acids is 1. The van der Waals surface area contributed by atoms with Gasteiger partial charge in [0.1, 0.15) is 5.25 Å². The quantitative estimate of drug-likeness (QED) is 0.678. The summed E-state index contributed by atoms with van der Waals surface area (Å²) in [5, 5.41) is 8.77. The molecule has 0 spiro atoms. The van der Waals surface area contributed by atoms with Gasteiger partial charge in [-0.2, -0.15) is 0 Å². The molecular weight excluding hydrogens is 196 g/mol. The summed E-state index contributed by atoms with van der Waals surface area (Å²) in [5.74, 6) is 0.951. The van der Waals surface area contributed by atoms with Crippen molar-refractivity contribution in [3.63, 3.8) is 0 Å². The smallest absolute Gasteiger partial charge is 0.316 e. The van der Waals surface area contributed by atoms with Gasteiger partial charge in [-0.1, -0.05) is 40.0 Å². The van der Waals surface area contributed by atoms with Crippen LogP contribution < -0.4 is 0 Å². The Hall–Kier alpha value is -0.180. The van der Waals surface area contributed by atoms with Gasteiger partial charge >= 0.3 is 5.97 Å². The van der Waals surface area contributed by atoms with Crippen molar-refractivity contribution in [2.24, 2.45) is 5.92 Å². The summed E-state index contributed by atoms with van der Waals surface area (Å²) >= 11 is 1.60. The van der Waals surface area contributed by atoms with E-state index in [1.165, 1.54) is 0 Å². The zero-order valence-corrected chi connectivity index (χ0v) is 10.3. The Morgan fingerprint density at radius 1 is 1.43 bits per heavy atom. The minimum atomic E-state index is -0.647. The van der Waals surface area contributed by atoms with Crippen molar-refractivity contribution in [3.05, 3.63) is 0 Å². The highest BCUT2D eigenvalue weighted by Crippen LogP contribution is 2.21. The van der Waals surface area contributed by atoms with E-state index in [2.05, 4.69) is 20.8 Å². The van der Waals surface area contributed by atoms with E-state index >= 15 is 0 Å². The summed E-state index contributed by atoms with van der Waals surface area (Å²) in [6.07, 6.45) is 4.04. The van der Waals surface area contributed by atoms with E-state index in [0.717, 1.165) is 31.4 Å². The molecular formula is C11H22O2S. The highest BCUT2D eigenvalue weighted by atomic mass is 32.2. The normalized spacial score (nSPS) is 15.1. The highest BCUT2D eigenvalue weighted by Gasteiger charge is 2.17. The van der Waals surface area contributed by atoms with Gasteiger partial charge in [-0.05, 0) is 18.1 Å². The first-order chi connectivity index (χ1) is 6.61. The number of hydrogen-bond donors (Lipinski definition) is 1. The Morgan fingerprint density at radius 3 is 2.50 bits per heavy atom. The van der Waals surface area contributed by atoms with E-state index in [9.17, 15) is 4.79 Å². The van der Waals surface area contributed by atoms with Crippen LogP contribution in [-0.4, -0.2) is 22.1 Å². The number of unbranched alkanes of at least 4 members (excludes halogenated alkanes) is 1. The maximum atomic E-state index is 10.9. The van der Waals surface area contributed by atoms with Crippen LogP contribution in [0.1, 0.15) is 46.5 Å². The van der Waals surface area contributed by atoms with E-state index in [-0.39, 0.29) is 5.25 Å². The Kier molecular flexibility index (Phi) is 8.05.